The van der Waals surface area contributed by atoms with Gasteiger partial charge in [0.2, 0.25) is 12.3 Å². The lowest BCUT2D eigenvalue weighted by molar-refractivity contribution is -0.274. The highest BCUT2D eigenvalue weighted by molar-refractivity contribution is 5.56. The monoisotopic (exact) mass is 465 g/mol. The van der Waals surface area contributed by atoms with Crippen LogP contribution in [0.2, 0.25) is 0 Å². The number of alkyl halides is 3. The van der Waals surface area contributed by atoms with E-state index in [9.17, 15) is 17.6 Å². The molecule has 11 heteroatoms. The van der Waals surface area contributed by atoms with E-state index in [1.54, 1.807) is 6.92 Å². The van der Waals surface area contributed by atoms with Crippen molar-refractivity contribution in [3.8, 4) is 23.0 Å². The van der Waals surface area contributed by atoms with Gasteiger partial charge in [-0.15, -0.1) is 23.4 Å². The Kier molecular flexibility index (Phi) is 5.98. The van der Waals surface area contributed by atoms with Crippen LogP contribution in [-0.2, 0) is 10.4 Å². The van der Waals surface area contributed by atoms with Gasteiger partial charge in [-0.25, -0.2) is 9.87 Å². The van der Waals surface area contributed by atoms with E-state index in [0.29, 0.717) is 23.6 Å². The van der Waals surface area contributed by atoms with E-state index in [1.807, 2.05) is 6.92 Å². The summed E-state index contributed by atoms with van der Waals surface area (Å²) < 4.78 is 66.6. The highest BCUT2D eigenvalue weighted by Crippen LogP contribution is 2.42. The van der Waals surface area contributed by atoms with Gasteiger partial charge in [-0.3, -0.25) is 4.84 Å². The second-order valence-corrected chi connectivity index (χ2v) is 7.35. The number of aromatic nitrogens is 2. The van der Waals surface area contributed by atoms with Crippen LogP contribution in [0.3, 0.4) is 0 Å². The molecule has 0 saturated carbocycles. The van der Waals surface area contributed by atoms with E-state index in [-0.39, 0.29) is 17.2 Å². The molecule has 2 aromatic carbocycles. The first kappa shape index (κ1) is 22.6. The molecule has 1 aliphatic rings. The average molecular weight is 465 g/mol. The first-order chi connectivity index (χ1) is 15.7. The zero-order chi connectivity index (χ0) is 23.6. The van der Waals surface area contributed by atoms with Crippen LogP contribution in [0.5, 0.6) is 11.5 Å². The van der Waals surface area contributed by atoms with Gasteiger partial charge >= 0.3 is 6.36 Å². The van der Waals surface area contributed by atoms with Gasteiger partial charge in [-0.1, -0.05) is 25.5 Å². The topological polar surface area (TPSA) is 78.6 Å². The van der Waals surface area contributed by atoms with Crippen LogP contribution >= 0.6 is 0 Å². The van der Waals surface area contributed by atoms with Crippen molar-refractivity contribution in [2.24, 2.45) is 0 Å². The Bertz CT molecular complexity index is 1150. The van der Waals surface area contributed by atoms with Crippen LogP contribution in [0, 0.1) is 5.82 Å². The summed E-state index contributed by atoms with van der Waals surface area (Å²) >= 11 is 0. The van der Waals surface area contributed by atoms with Crippen molar-refractivity contribution in [1.29, 1.82) is 0 Å². The highest BCUT2D eigenvalue weighted by atomic mass is 19.4. The minimum Gasteiger partial charge on any atom is -0.439 e. The van der Waals surface area contributed by atoms with Crippen LogP contribution in [-0.4, -0.2) is 16.6 Å². The minimum atomic E-state index is -4.78. The van der Waals surface area contributed by atoms with Crippen LogP contribution in [0.25, 0.3) is 11.5 Å². The maximum Gasteiger partial charge on any atom is 0.573 e. The Morgan fingerprint density at radius 3 is 2.45 bits per heavy atom. The van der Waals surface area contributed by atoms with E-state index in [2.05, 4.69) is 20.4 Å². The molecule has 1 N–H and O–H groups in total. The number of ether oxygens (including phenoxy) is 2. The molecule has 1 aliphatic heterocycles. The summed E-state index contributed by atoms with van der Waals surface area (Å²) in [4.78, 5) is 5.82. The lowest BCUT2D eigenvalue weighted by atomic mass is 9.86. The summed E-state index contributed by atoms with van der Waals surface area (Å²) in [6.07, 6.45) is -2.38. The van der Waals surface area contributed by atoms with Gasteiger partial charge in [-0.2, -0.15) is 0 Å². The molecule has 1 atom stereocenters. The van der Waals surface area contributed by atoms with Crippen molar-refractivity contribution in [3.63, 3.8) is 0 Å². The molecule has 0 amide bonds. The van der Waals surface area contributed by atoms with Gasteiger partial charge in [0.05, 0.1) is 5.56 Å². The third kappa shape index (κ3) is 4.77. The Balaban J connectivity index is 1.63. The second-order valence-electron chi connectivity index (χ2n) is 7.35. The molecule has 4 rings (SSSR count). The first-order valence-corrected chi connectivity index (χ1v) is 9.97. The van der Waals surface area contributed by atoms with Gasteiger partial charge in [0.1, 0.15) is 22.9 Å². The van der Waals surface area contributed by atoms with E-state index in [1.165, 1.54) is 42.5 Å². The SMILES string of the molecule is CCCC1=C(Oc2ccc(F)c(-c3nnco3)c2)NOC1(C)c1ccc(OC(F)(F)F)cc1. The van der Waals surface area contributed by atoms with Crippen molar-refractivity contribution in [1.82, 2.24) is 15.7 Å². The maximum atomic E-state index is 14.2. The first-order valence-electron chi connectivity index (χ1n) is 9.97. The third-order valence-corrected chi connectivity index (χ3v) is 5.08. The molecular formula is C22H19F4N3O4. The number of benzene rings is 2. The smallest absolute Gasteiger partial charge is 0.439 e. The van der Waals surface area contributed by atoms with E-state index >= 15 is 0 Å². The molecule has 174 valence electrons. The van der Waals surface area contributed by atoms with Crippen LogP contribution in [0.4, 0.5) is 17.6 Å². The quantitative estimate of drug-likeness (QED) is 0.454. The van der Waals surface area contributed by atoms with Crippen molar-refractivity contribution in [2.75, 3.05) is 0 Å². The normalized spacial score (nSPS) is 18.4. The Labute approximate surface area is 185 Å². The molecule has 0 saturated heterocycles. The number of nitrogens with one attached hydrogen (secondary N) is 1. The highest BCUT2D eigenvalue weighted by Gasteiger charge is 2.41. The number of hydrogen-bond donors (Lipinski definition) is 1. The summed E-state index contributed by atoms with van der Waals surface area (Å²) in [5.41, 5.74) is 3.14. The van der Waals surface area contributed by atoms with E-state index in [0.717, 1.165) is 18.4 Å². The van der Waals surface area contributed by atoms with Crippen molar-refractivity contribution < 1.29 is 36.3 Å². The summed E-state index contributed by atoms with van der Waals surface area (Å²) in [6, 6.07) is 9.49. The predicted octanol–water partition coefficient (Wildman–Crippen LogP) is 5.62. The molecule has 0 radical (unpaired) electrons. The van der Waals surface area contributed by atoms with Gasteiger partial charge in [0.25, 0.3) is 5.89 Å². The standard InChI is InChI=1S/C22H19F4N3O4/c1-3-4-17-20(31-15-9-10-18(23)16(11-15)19-28-27-12-30-19)29-33-21(17,2)13-5-7-14(8-6-13)32-22(24,25)26/h5-12,29H,3-4H2,1-2H3. The maximum absolute atomic E-state index is 14.2. The molecular weight excluding hydrogens is 446 g/mol. The molecule has 7 nitrogen and oxygen atoms in total. The molecule has 33 heavy (non-hydrogen) atoms. The van der Waals surface area contributed by atoms with Crippen LogP contribution in [0.1, 0.15) is 32.3 Å². The predicted molar refractivity (Wildman–Crippen MR) is 107 cm³/mol. The molecule has 1 unspecified atom stereocenters. The van der Waals surface area contributed by atoms with E-state index < -0.39 is 17.8 Å². The van der Waals surface area contributed by atoms with Crippen LogP contribution in [0.15, 0.2) is 64.7 Å². The van der Waals surface area contributed by atoms with Gasteiger partial charge in [0, 0.05) is 5.57 Å². The molecule has 0 spiro atoms. The fourth-order valence-corrected chi connectivity index (χ4v) is 3.52. The lowest BCUT2D eigenvalue weighted by Gasteiger charge is -2.25. The number of hydroxylamine groups is 1. The molecule has 3 aromatic rings. The van der Waals surface area contributed by atoms with Crippen LogP contribution < -0.4 is 15.0 Å². The number of rotatable bonds is 7. The summed E-state index contributed by atoms with van der Waals surface area (Å²) in [5.74, 6) is -0.294. The lowest BCUT2D eigenvalue weighted by Crippen LogP contribution is -2.26. The van der Waals surface area contributed by atoms with Crippen molar-refractivity contribution >= 4 is 0 Å². The fourth-order valence-electron chi connectivity index (χ4n) is 3.52. The zero-order valence-electron chi connectivity index (χ0n) is 17.6. The molecule has 0 bridgehead atoms. The Morgan fingerprint density at radius 2 is 1.82 bits per heavy atom. The molecule has 0 fully saturated rings. The molecule has 2 heterocycles. The molecule has 0 aliphatic carbocycles. The minimum absolute atomic E-state index is 0.00217. The zero-order valence-corrected chi connectivity index (χ0v) is 17.6. The summed E-state index contributed by atoms with van der Waals surface area (Å²) in [7, 11) is 0. The largest absolute Gasteiger partial charge is 0.573 e. The number of hydrogen-bond acceptors (Lipinski definition) is 7. The van der Waals surface area contributed by atoms with Gasteiger partial charge in [0.15, 0.2) is 0 Å². The van der Waals surface area contributed by atoms with E-state index in [4.69, 9.17) is 14.0 Å². The average Bonchev–Trinajstić information content (AvgIpc) is 3.40. The summed E-state index contributed by atoms with van der Waals surface area (Å²) in [6.45, 7) is 3.74. The summed E-state index contributed by atoms with van der Waals surface area (Å²) in [5, 5.41) is 7.26. The number of halogens is 4. The van der Waals surface area contributed by atoms with Gasteiger partial charge in [-0.05, 0) is 49.2 Å². The van der Waals surface area contributed by atoms with Crippen molar-refractivity contribution in [3.05, 3.63) is 71.7 Å². The third-order valence-electron chi connectivity index (χ3n) is 5.08. The Morgan fingerprint density at radius 1 is 1.09 bits per heavy atom. The molecule has 1 aromatic heterocycles. The number of nitrogens with zero attached hydrogens (tertiary/aromatic N) is 2. The second kappa shape index (κ2) is 8.74. The Hall–Kier alpha value is -3.60. The van der Waals surface area contributed by atoms with Gasteiger partial charge < -0.3 is 13.9 Å². The van der Waals surface area contributed by atoms with Crippen molar-refractivity contribution in [2.45, 2.75) is 38.7 Å². The fraction of sp³-hybridized carbons (Fsp3) is 0.273.